The topological polar surface area (TPSA) is 87.4 Å². The number of benzene rings is 2. The summed E-state index contributed by atoms with van der Waals surface area (Å²) in [5.74, 6) is -0.421. The summed E-state index contributed by atoms with van der Waals surface area (Å²) < 4.78 is 1.90. The first kappa shape index (κ1) is 17.2. The van der Waals surface area contributed by atoms with Gasteiger partial charge >= 0.3 is 5.69 Å². The molecule has 0 spiro atoms. The highest BCUT2D eigenvalue weighted by molar-refractivity contribution is 9.10. The number of fused-ring (bicyclic) bond motifs is 1. The average Bonchev–Trinajstić information content (AvgIpc) is 2.95. The van der Waals surface area contributed by atoms with Gasteiger partial charge in [-0.2, -0.15) is 0 Å². The maximum Gasteiger partial charge on any atom is 0.335 e. The minimum Gasteiger partial charge on any atom is -0.494 e. The number of aromatic amines is 1. The number of hydrogen-bond donors (Lipinski definition) is 2. The summed E-state index contributed by atoms with van der Waals surface area (Å²) >= 11 is 3.33. The Hall–Kier alpha value is -3.19. The summed E-state index contributed by atoms with van der Waals surface area (Å²) in [5.41, 5.74) is 2.21. The van der Waals surface area contributed by atoms with E-state index >= 15 is 0 Å². The van der Waals surface area contributed by atoms with Crippen molar-refractivity contribution in [3.8, 4) is 11.6 Å². The number of H-pyrrole nitrogens is 1. The number of aliphatic imine (C=N–C) groups is 1. The van der Waals surface area contributed by atoms with Gasteiger partial charge in [0.05, 0.1) is 11.4 Å². The van der Waals surface area contributed by atoms with Crippen LogP contribution >= 0.6 is 15.9 Å². The van der Waals surface area contributed by atoms with Gasteiger partial charge in [-0.15, -0.1) is 0 Å². The second-order valence-electron chi connectivity index (χ2n) is 6.08. The third-order valence-electron chi connectivity index (χ3n) is 4.37. The lowest BCUT2D eigenvalue weighted by Crippen LogP contribution is -2.30. The van der Waals surface area contributed by atoms with Crippen LogP contribution in [-0.2, 0) is 0 Å². The van der Waals surface area contributed by atoms with Crippen LogP contribution in [0.1, 0.15) is 18.1 Å². The smallest absolute Gasteiger partial charge is 0.335 e. The molecule has 2 aromatic carbocycles. The Morgan fingerprint density at radius 3 is 2.56 bits per heavy atom. The number of allylic oxidation sites excluding steroid dienone is 1. The molecule has 0 radical (unpaired) electrons. The predicted octanol–water partition coefficient (Wildman–Crippen LogP) is 3.64. The highest BCUT2D eigenvalue weighted by atomic mass is 79.9. The van der Waals surface area contributed by atoms with Crippen LogP contribution in [0.4, 0.5) is 5.69 Å². The fraction of sp³-hybridized carbons (Fsp3) is 0.0500. The lowest BCUT2D eigenvalue weighted by molar-refractivity contribution is 0.429. The standard InChI is InChI=1S/C20H14BrN3O3/c1-11-15(14-4-2-3-5-17(14)22-11)10-16-18(25)23-20(27)24(19(16)26)13-8-6-12(21)7-9-13/h2-10,26H,1H3,(H,23,25,27). The molecule has 1 aliphatic rings. The van der Waals surface area contributed by atoms with Gasteiger partial charge in [-0.3, -0.25) is 14.8 Å². The summed E-state index contributed by atoms with van der Waals surface area (Å²) in [7, 11) is 0. The Morgan fingerprint density at radius 1 is 1.11 bits per heavy atom. The van der Waals surface area contributed by atoms with Crippen molar-refractivity contribution in [2.45, 2.75) is 6.92 Å². The molecule has 2 heterocycles. The molecule has 0 aliphatic carbocycles. The van der Waals surface area contributed by atoms with Crippen LogP contribution in [0.2, 0.25) is 0 Å². The Balaban J connectivity index is 1.94. The Morgan fingerprint density at radius 2 is 1.81 bits per heavy atom. The Bertz CT molecular complexity index is 1230. The van der Waals surface area contributed by atoms with Crippen LogP contribution in [0.25, 0.3) is 17.3 Å². The van der Waals surface area contributed by atoms with E-state index in [2.05, 4.69) is 25.9 Å². The number of hydrogen-bond acceptors (Lipinski definition) is 4. The number of halogens is 1. The largest absolute Gasteiger partial charge is 0.494 e. The molecule has 1 aromatic heterocycles. The molecule has 0 atom stereocenters. The molecule has 0 unspecified atom stereocenters. The van der Waals surface area contributed by atoms with E-state index in [-0.39, 0.29) is 5.56 Å². The van der Waals surface area contributed by atoms with Gasteiger partial charge in [0.2, 0.25) is 5.88 Å². The fourth-order valence-corrected chi connectivity index (χ4v) is 3.32. The quantitative estimate of drug-likeness (QED) is 0.659. The van der Waals surface area contributed by atoms with Crippen LogP contribution in [-0.4, -0.2) is 20.4 Å². The van der Waals surface area contributed by atoms with Crippen molar-refractivity contribution in [1.29, 1.82) is 0 Å². The van der Waals surface area contributed by atoms with Crippen molar-refractivity contribution in [2.75, 3.05) is 0 Å². The van der Waals surface area contributed by atoms with E-state index in [4.69, 9.17) is 0 Å². The highest BCUT2D eigenvalue weighted by Gasteiger charge is 2.20. The first-order valence-corrected chi connectivity index (χ1v) is 8.96. The van der Waals surface area contributed by atoms with Crippen molar-refractivity contribution < 1.29 is 5.11 Å². The van der Waals surface area contributed by atoms with Crippen molar-refractivity contribution in [1.82, 2.24) is 9.55 Å². The van der Waals surface area contributed by atoms with Crippen molar-refractivity contribution in [2.24, 2.45) is 4.99 Å². The molecule has 7 heteroatoms. The van der Waals surface area contributed by atoms with Gasteiger partial charge < -0.3 is 5.11 Å². The normalized spacial score (nSPS) is 14.3. The lowest BCUT2D eigenvalue weighted by Gasteiger charge is -2.10. The van der Waals surface area contributed by atoms with E-state index < -0.39 is 17.1 Å². The fourth-order valence-electron chi connectivity index (χ4n) is 3.06. The van der Waals surface area contributed by atoms with Gasteiger partial charge in [0.15, 0.2) is 0 Å². The van der Waals surface area contributed by atoms with Gasteiger partial charge in [0.1, 0.15) is 5.56 Å². The van der Waals surface area contributed by atoms with Gasteiger partial charge in [-0.25, -0.2) is 9.36 Å². The van der Waals surface area contributed by atoms with Gasteiger partial charge in [-0.05, 0) is 43.3 Å². The van der Waals surface area contributed by atoms with E-state index in [9.17, 15) is 14.7 Å². The molecule has 3 aromatic rings. The lowest BCUT2D eigenvalue weighted by atomic mass is 10.0. The monoisotopic (exact) mass is 423 g/mol. The number of aromatic nitrogens is 2. The van der Waals surface area contributed by atoms with Crippen LogP contribution in [0, 0.1) is 0 Å². The summed E-state index contributed by atoms with van der Waals surface area (Å²) in [6, 6.07) is 14.4. The SMILES string of the molecule is CC1=Nc2ccccc2C1=Cc1c(O)n(-c2ccc(Br)cc2)c(=O)[nH]c1=O. The molecule has 1 aliphatic heterocycles. The van der Waals surface area contributed by atoms with E-state index in [1.807, 2.05) is 31.2 Å². The van der Waals surface area contributed by atoms with E-state index in [0.717, 1.165) is 31.6 Å². The van der Waals surface area contributed by atoms with E-state index in [0.29, 0.717) is 5.69 Å². The second-order valence-corrected chi connectivity index (χ2v) is 7.00. The molecular formula is C20H14BrN3O3. The summed E-state index contributed by atoms with van der Waals surface area (Å²) in [4.78, 5) is 31.4. The minimum atomic E-state index is -0.709. The maximum atomic E-state index is 12.4. The van der Waals surface area contributed by atoms with Crippen molar-refractivity contribution in [3.05, 3.63) is 85.0 Å². The van der Waals surface area contributed by atoms with Crippen LogP contribution < -0.4 is 11.2 Å². The van der Waals surface area contributed by atoms with Crippen LogP contribution in [0.15, 0.2) is 67.6 Å². The van der Waals surface area contributed by atoms with Crippen molar-refractivity contribution in [3.63, 3.8) is 0 Å². The number of nitrogens with zero attached hydrogens (tertiary/aromatic N) is 2. The van der Waals surface area contributed by atoms with Crippen LogP contribution in [0.3, 0.4) is 0 Å². The zero-order valence-electron chi connectivity index (χ0n) is 14.2. The number of rotatable bonds is 2. The second kappa shape index (κ2) is 6.51. The average molecular weight is 424 g/mol. The molecule has 6 nitrogen and oxygen atoms in total. The molecule has 0 saturated carbocycles. The molecule has 0 saturated heterocycles. The molecule has 4 rings (SSSR count). The molecule has 134 valence electrons. The van der Waals surface area contributed by atoms with Gasteiger partial charge in [0, 0.05) is 21.3 Å². The van der Waals surface area contributed by atoms with Crippen LogP contribution in [0.5, 0.6) is 5.88 Å². The van der Waals surface area contributed by atoms with Gasteiger partial charge in [-0.1, -0.05) is 34.1 Å². The van der Waals surface area contributed by atoms with E-state index in [1.54, 1.807) is 30.3 Å². The number of para-hydroxylation sites is 1. The predicted molar refractivity (Wildman–Crippen MR) is 109 cm³/mol. The summed E-state index contributed by atoms with van der Waals surface area (Å²) in [5, 5.41) is 10.7. The number of aromatic hydroxyl groups is 1. The third kappa shape index (κ3) is 2.96. The summed E-state index contributed by atoms with van der Waals surface area (Å²) in [6.07, 6.45) is 1.56. The molecule has 27 heavy (non-hydrogen) atoms. The minimum absolute atomic E-state index is 0.00114. The molecular weight excluding hydrogens is 410 g/mol. The van der Waals surface area contributed by atoms with Crippen molar-refractivity contribution >= 4 is 39.0 Å². The summed E-state index contributed by atoms with van der Waals surface area (Å²) in [6.45, 7) is 1.84. The first-order valence-electron chi connectivity index (χ1n) is 8.16. The first-order chi connectivity index (χ1) is 13.0. The molecule has 0 fully saturated rings. The molecule has 0 amide bonds. The Kier molecular flexibility index (Phi) is 4.16. The van der Waals surface area contributed by atoms with E-state index in [1.165, 1.54) is 0 Å². The molecule has 0 bridgehead atoms. The highest BCUT2D eigenvalue weighted by Crippen LogP contribution is 2.36. The zero-order valence-corrected chi connectivity index (χ0v) is 15.8. The number of nitrogens with one attached hydrogen (secondary N) is 1. The molecule has 2 N–H and O–H groups in total. The Labute approximate surface area is 162 Å². The maximum absolute atomic E-state index is 12.4. The van der Waals surface area contributed by atoms with Gasteiger partial charge in [0.25, 0.3) is 5.56 Å². The zero-order chi connectivity index (χ0) is 19.1. The third-order valence-corrected chi connectivity index (χ3v) is 4.90.